The molecule has 0 saturated carbocycles. The molecule has 1 aromatic rings. The minimum Gasteiger partial charge on any atom is -0.356 e. The third-order valence-corrected chi connectivity index (χ3v) is 7.37. The lowest BCUT2D eigenvalue weighted by molar-refractivity contribution is 0.284. The third-order valence-electron chi connectivity index (χ3n) is 5.34. The van der Waals surface area contributed by atoms with Crippen LogP contribution < -0.4 is 4.90 Å². The summed E-state index contributed by atoms with van der Waals surface area (Å²) in [7, 11) is -1.27. The smallest absolute Gasteiger partial charge is 0.281 e. The Balaban J connectivity index is 1.61. The van der Waals surface area contributed by atoms with E-state index in [1.165, 1.54) is 0 Å². The molecule has 0 atom stereocenters. The molecule has 2 aliphatic rings. The Kier molecular flexibility index (Phi) is 5.91. The highest BCUT2D eigenvalue weighted by Gasteiger charge is 2.34. The van der Waals surface area contributed by atoms with E-state index in [1.54, 1.807) is 14.9 Å². The fourth-order valence-electron chi connectivity index (χ4n) is 3.72. The summed E-state index contributed by atoms with van der Waals surface area (Å²) < 4.78 is 29.2. The van der Waals surface area contributed by atoms with Crippen LogP contribution in [-0.2, 0) is 10.2 Å². The van der Waals surface area contributed by atoms with Gasteiger partial charge in [-0.2, -0.15) is 17.0 Å². The Bertz CT molecular complexity index is 665. The van der Waals surface area contributed by atoms with Crippen LogP contribution in [0.2, 0.25) is 0 Å². The molecule has 2 saturated heterocycles. The molecule has 8 heteroatoms. The fourth-order valence-corrected chi connectivity index (χ4v) is 5.43. The van der Waals surface area contributed by atoms with Gasteiger partial charge < -0.3 is 4.90 Å². The average molecular weight is 368 g/mol. The molecule has 3 rings (SSSR count). The summed E-state index contributed by atoms with van der Waals surface area (Å²) >= 11 is 0. The first kappa shape index (κ1) is 18.5. The number of nitrogens with zero attached hydrogens (tertiary/aromatic N) is 5. The molecule has 25 heavy (non-hydrogen) atoms. The van der Waals surface area contributed by atoms with E-state index in [9.17, 15) is 8.42 Å². The van der Waals surface area contributed by atoms with Gasteiger partial charge in [-0.15, -0.1) is 0 Å². The third kappa shape index (κ3) is 4.30. The Morgan fingerprint density at radius 3 is 2.20 bits per heavy atom. The normalized spacial score (nSPS) is 21.8. The van der Waals surface area contributed by atoms with Crippen molar-refractivity contribution in [2.75, 3.05) is 38.1 Å². The lowest BCUT2D eigenvalue weighted by Crippen LogP contribution is -2.50. The first-order valence-electron chi connectivity index (χ1n) is 9.25. The largest absolute Gasteiger partial charge is 0.356 e. The maximum Gasteiger partial charge on any atom is 0.281 e. The summed E-state index contributed by atoms with van der Waals surface area (Å²) in [6.07, 6.45) is 7.46. The Morgan fingerprint density at radius 1 is 1.00 bits per heavy atom. The quantitative estimate of drug-likeness (QED) is 0.812. The van der Waals surface area contributed by atoms with E-state index in [0.717, 1.165) is 50.0 Å². The number of aromatic nitrogens is 2. The molecule has 0 aromatic carbocycles. The zero-order valence-corrected chi connectivity index (χ0v) is 16.1. The van der Waals surface area contributed by atoms with Gasteiger partial charge in [-0.05, 0) is 32.6 Å². The number of anilines is 1. The van der Waals surface area contributed by atoms with Crippen LogP contribution in [-0.4, -0.2) is 66.3 Å². The van der Waals surface area contributed by atoms with Crippen molar-refractivity contribution in [3.63, 3.8) is 0 Å². The molecule has 0 spiro atoms. The Labute approximate surface area is 151 Å². The van der Waals surface area contributed by atoms with E-state index in [2.05, 4.69) is 14.9 Å². The maximum absolute atomic E-state index is 12.9. The minimum atomic E-state index is -3.31. The van der Waals surface area contributed by atoms with Gasteiger partial charge in [0.2, 0.25) is 0 Å². The van der Waals surface area contributed by atoms with Gasteiger partial charge in [0, 0.05) is 51.0 Å². The first-order chi connectivity index (χ1) is 12.0. The van der Waals surface area contributed by atoms with Crippen molar-refractivity contribution < 1.29 is 8.42 Å². The zero-order valence-electron chi connectivity index (χ0n) is 15.3. The van der Waals surface area contributed by atoms with E-state index in [0.29, 0.717) is 32.2 Å². The van der Waals surface area contributed by atoms with E-state index in [-0.39, 0.29) is 0 Å². The van der Waals surface area contributed by atoms with E-state index >= 15 is 0 Å². The molecule has 0 amide bonds. The van der Waals surface area contributed by atoms with Crippen LogP contribution in [0.25, 0.3) is 0 Å². The molecule has 1 aromatic heterocycles. The number of hydrogen-bond donors (Lipinski definition) is 0. The number of rotatable bonds is 4. The molecule has 0 aliphatic carbocycles. The van der Waals surface area contributed by atoms with Crippen LogP contribution in [0.4, 0.5) is 5.82 Å². The van der Waals surface area contributed by atoms with Gasteiger partial charge in [-0.3, -0.25) is 0 Å². The van der Waals surface area contributed by atoms with Gasteiger partial charge in [-0.25, -0.2) is 9.97 Å². The van der Waals surface area contributed by atoms with Crippen molar-refractivity contribution in [1.29, 1.82) is 0 Å². The average Bonchev–Trinajstić information content (AvgIpc) is 2.91. The molecular formula is C17H29N5O2S. The van der Waals surface area contributed by atoms with Crippen molar-refractivity contribution in [2.24, 2.45) is 0 Å². The van der Waals surface area contributed by atoms with E-state index < -0.39 is 10.2 Å². The molecular weight excluding hydrogens is 338 g/mol. The monoisotopic (exact) mass is 367 g/mol. The zero-order chi connectivity index (χ0) is 17.9. The van der Waals surface area contributed by atoms with Crippen LogP contribution >= 0.6 is 0 Å². The highest BCUT2D eigenvalue weighted by molar-refractivity contribution is 7.86. The van der Waals surface area contributed by atoms with Crippen LogP contribution in [0.15, 0.2) is 12.4 Å². The van der Waals surface area contributed by atoms with Gasteiger partial charge in [-0.1, -0.05) is 12.8 Å². The molecule has 2 aliphatic heterocycles. The maximum atomic E-state index is 12.9. The van der Waals surface area contributed by atoms with Crippen molar-refractivity contribution in [2.45, 2.75) is 51.5 Å². The molecule has 2 fully saturated rings. The second-order valence-corrected chi connectivity index (χ2v) is 9.01. The minimum absolute atomic E-state index is 0.310. The molecule has 0 radical (unpaired) electrons. The van der Waals surface area contributed by atoms with Crippen molar-refractivity contribution in [3.8, 4) is 0 Å². The highest BCUT2D eigenvalue weighted by atomic mass is 32.2. The standard InChI is InChI=1S/C17H29N5O2S/c1-15-13-17(19-14-18-15)20(2)16-7-11-22(12-8-16)25(23,24)21-9-5-3-4-6-10-21/h13-14,16H,3-12H2,1-2H3. The van der Waals surface area contributed by atoms with Crippen LogP contribution in [0, 0.1) is 6.92 Å². The number of hydrogen-bond acceptors (Lipinski definition) is 5. The van der Waals surface area contributed by atoms with E-state index in [1.807, 2.05) is 20.0 Å². The summed E-state index contributed by atoms with van der Waals surface area (Å²) in [4.78, 5) is 10.6. The van der Waals surface area contributed by atoms with Crippen molar-refractivity contribution >= 4 is 16.0 Å². The van der Waals surface area contributed by atoms with Crippen LogP contribution in [0.5, 0.6) is 0 Å². The predicted molar refractivity (Wildman–Crippen MR) is 98.7 cm³/mol. The summed E-state index contributed by atoms with van der Waals surface area (Å²) in [5.74, 6) is 0.904. The van der Waals surface area contributed by atoms with E-state index in [4.69, 9.17) is 0 Å². The summed E-state index contributed by atoms with van der Waals surface area (Å²) in [5, 5.41) is 0. The van der Waals surface area contributed by atoms with Crippen molar-refractivity contribution in [3.05, 3.63) is 18.1 Å². The van der Waals surface area contributed by atoms with Crippen LogP contribution in [0.3, 0.4) is 0 Å². The van der Waals surface area contributed by atoms with Gasteiger partial charge in [0.05, 0.1) is 0 Å². The number of piperidine rings is 1. The van der Waals surface area contributed by atoms with Gasteiger partial charge in [0.1, 0.15) is 12.1 Å². The lowest BCUT2D eigenvalue weighted by atomic mass is 10.1. The van der Waals surface area contributed by atoms with Crippen molar-refractivity contribution in [1.82, 2.24) is 18.6 Å². The Hall–Kier alpha value is -1.25. The SMILES string of the molecule is Cc1cc(N(C)C2CCN(S(=O)(=O)N3CCCCCC3)CC2)ncn1. The Morgan fingerprint density at radius 2 is 1.60 bits per heavy atom. The number of aryl methyl sites for hydroxylation is 1. The van der Waals surface area contributed by atoms with Gasteiger partial charge >= 0.3 is 0 Å². The molecule has 3 heterocycles. The fraction of sp³-hybridized carbons (Fsp3) is 0.765. The van der Waals surface area contributed by atoms with Crippen LogP contribution in [0.1, 0.15) is 44.2 Å². The molecule has 7 nitrogen and oxygen atoms in total. The van der Waals surface area contributed by atoms with Gasteiger partial charge in [0.25, 0.3) is 10.2 Å². The lowest BCUT2D eigenvalue weighted by Gasteiger charge is -2.38. The molecule has 0 N–H and O–H groups in total. The summed E-state index contributed by atoms with van der Waals surface area (Å²) in [6, 6.07) is 2.28. The summed E-state index contributed by atoms with van der Waals surface area (Å²) in [5.41, 5.74) is 0.943. The second-order valence-electron chi connectivity index (χ2n) is 7.08. The predicted octanol–water partition coefficient (Wildman–Crippen LogP) is 1.81. The topological polar surface area (TPSA) is 69.6 Å². The molecule has 0 bridgehead atoms. The molecule has 140 valence electrons. The highest BCUT2D eigenvalue weighted by Crippen LogP contribution is 2.24. The first-order valence-corrected chi connectivity index (χ1v) is 10.6. The summed E-state index contributed by atoms with van der Waals surface area (Å²) in [6.45, 7) is 4.45. The second kappa shape index (κ2) is 7.97. The van der Waals surface area contributed by atoms with Gasteiger partial charge in [0.15, 0.2) is 0 Å². The molecule has 0 unspecified atom stereocenters.